The zero-order valence-electron chi connectivity index (χ0n) is 62.2. The second-order valence-electron chi connectivity index (χ2n) is 29.2. The van der Waals surface area contributed by atoms with Gasteiger partial charge >= 0.3 is 5.97 Å². The van der Waals surface area contributed by atoms with Crippen LogP contribution in [0, 0.1) is 0 Å². The van der Waals surface area contributed by atoms with Crippen molar-refractivity contribution in [3.8, 4) is 0 Å². The Balaban J connectivity index is 1.88. The van der Waals surface area contributed by atoms with E-state index >= 15 is 0 Å². The lowest BCUT2D eigenvalue weighted by molar-refractivity contribution is -0.302. The van der Waals surface area contributed by atoms with Crippen molar-refractivity contribution < 1.29 is 49.3 Å². The lowest BCUT2D eigenvalue weighted by Gasteiger charge is -2.40. The minimum Gasteiger partial charge on any atom is -0.466 e. The molecule has 1 amide bonds. The Morgan fingerprint density at radius 3 is 1.05 bits per heavy atom. The van der Waals surface area contributed by atoms with E-state index in [-0.39, 0.29) is 18.5 Å². The van der Waals surface area contributed by atoms with Gasteiger partial charge in [0.15, 0.2) is 6.29 Å². The van der Waals surface area contributed by atoms with Crippen LogP contribution in [0.4, 0.5) is 0 Å². The van der Waals surface area contributed by atoms with E-state index in [0.717, 1.165) is 51.4 Å². The maximum atomic E-state index is 13.1. The Bertz CT molecular complexity index is 1610. The number of aliphatic hydroxyl groups is 5. The van der Waals surface area contributed by atoms with E-state index in [0.29, 0.717) is 19.4 Å². The second kappa shape index (κ2) is 72.4. The maximum absolute atomic E-state index is 13.1. The van der Waals surface area contributed by atoms with Crippen LogP contribution < -0.4 is 5.32 Å². The van der Waals surface area contributed by atoms with E-state index in [4.69, 9.17) is 14.2 Å². The lowest BCUT2D eigenvalue weighted by Crippen LogP contribution is -2.60. The minimum absolute atomic E-state index is 0.0207. The predicted octanol–water partition coefficient (Wildman–Crippen LogP) is 22.7. The van der Waals surface area contributed by atoms with Crippen molar-refractivity contribution in [2.45, 2.75) is 474 Å². The first-order valence-corrected chi connectivity index (χ1v) is 41.6. The van der Waals surface area contributed by atoms with Crippen LogP contribution in [-0.2, 0) is 23.8 Å². The summed E-state index contributed by atoms with van der Waals surface area (Å²) in [5.74, 6) is -0.162. The largest absolute Gasteiger partial charge is 0.466 e. The Kier molecular flexibility index (Phi) is 69.4. The van der Waals surface area contributed by atoms with Crippen molar-refractivity contribution in [3.05, 3.63) is 24.3 Å². The summed E-state index contributed by atoms with van der Waals surface area (Å²) in [5, 5.41) is 54.6. The number of amides is 1. The smallest absolute Gasteiger partial charge is 0.305 e. The molecule has 1 aliphatic heterocycles. The number of carbonyl (C=O) groups excluding carboxylic acids is 2. The number of rotatable bonds is 75. The van der Waals surface area contributed by atoms with Gasteiger partial charge in [-0.1, -0.05) is 398 Å². The average Bonchev–Trinajstić information content (AvgIpc) is 0.876. The summed E-state index contributed by atoms with van der Waals surface area (Å²) in [6.45, 7) is 4.39. The minimum atomic E-state index is -1.57. The number of ether oxygens (including phenoxy) is 3. The Morgan fingerprint density at radius 2 is 0.691 bits per heavy atom. The summed E-state index contributed by atoms with van der Waals surface area (Å²) in [6.07, 6.45) is 83.7. The van der Waals surface area contributed by atoms with Gasteiger partial charge in [-0.2, -0.15) is 0 Å². The molecule has 7 unspecified atom stereocenters. The van der Waals surface area contributed by atoms with Crippen LogP contribution in [0.15, 0.2) is 24.3 Å². The molecule has 94 heavy (non-hydrogen) atoms. The van der Waals surface area contributed by atoms with Gasteiger partial charge in [0, 0.05) is 12.8 Å². The molecule has 7 atom stereocenters. The maximum Gasteiger partial charge on any atom is 0.305 e. The third-order valence-electron chi connectivity index (χ3n) is 20.1. The number of allylic oxidation sites excluding steroid dienone is 3. The molecule has 1 saturated heterocycles. The summed E-state index contributed by atoms with van der Waals surface area (Å²) in [4.78, 5) is 25.2. The molecule has 11 nitrogen and oxygen atoms in total. The van der Waals surface area contributed by atoms with Gasteiger partial charge in [-0.05, 0) is 44.9 Å². The second-order valence-corrected chi connectivity index (χ2v) is 29.2. The number of hydrogen-bond donors (Lipinski definition) is 6. The molecule has 1 heterocycles. The van der Waals surface area contributed by atoms with Crippen LogP contribution in [0.1, 0.15) is 431 Å². The van der Waals surface area contributed by atoms with Crippen LogP contribution >= 0.6 is 0 Å². The molecule has 1 fully saturated rings. The summed E-state index contributed by atoms with van der Waals surface area (Å²) < 4.78 is 16.8. The summed E-state index contributed by atoms with van der Waals surface area (Å²) >= 11 is 0. The molecule has 11 heteroatoms. The van der Waals surface area contributed by atoms with Crippen molar-refractivity contribution in [2.24, 2.45) is 0 Å². The SMILES string of the molecule is CCCCCCCCCC/C=C/CC/C=C/C(O)C(COC1OC(CO)C(O)C(O)C1O)NC(=O)CCCCCCCCCCCCCCCCCCCCCCCCCCCCCCCCCCCCCCCCCOC(=O)CCCCCCCCCCCCCCC. The summed E-state index contributed by atoms with van der Waals surface area (Å²) in [5.41, 5.74) is 0. The van der Waals surface area contributed by atoms with E-state index in [9.17, 15) is 35.1 Å². The Labute approximate surface area is 581 Å². The van der Waals surface area contributed by atoms with Crippen LogP contribution in [0.3, 0.4) is 0 Å². The van der Waals surface area contributed by atoms with Gasteiger partial charge in [0.2, 0.25) is 5.91 Å². The normalized spacial score (nSPS) is 17.5. The van der Waals surface area contributed by atoms with Gasteiger partial charge in [-0.3, -0.25) is 9.59 Å². The number of unbranched alkanes of at least 4 members (excludes halogenated alkanes) is 59. The molecule has 1 aliphatic rings. The molecule has 0 spiro atoms. The average molecular weight is 1330 g/mol. The monoisotopic (exact) mass is 1330 g/mol. The summed E-state index contributed by atoms with van der Waals surface area (Å²) in [7, 11) is 0. The van der Waals surface area contributed by atoms with Gasteiger partial charge in [-0.25, -0.2) is 0 Å². The van der Waals surface area contributed by atoms with E-state index < -0.39 is 49.5 Å². The van der Waals surface area contributed by atoms with Gasteiger partial charge < -0.3 is 45.1 Å². The van der Waals surface area contributed by atoms with Crippen LogP contribution in [0.2, 0.25) is 0 Å². The molecule has 556 valence electrons. The lowest BCUT2D eigenvalue weighted by atomic mass is 9.99. The van der Waals surface area contributed by atoms with E-state index in [1.807, 2.05) is 6.08 Å². The van der Waals surface area contributed by atoms with Crippen molar-refractivity contribution in [1.29, 1.82) is 0 Å². The third kappa shape index (κ3) is 60.1. The fourth-order valence-electron chi connectivity index (χ4n) is 13.6. The number of esters is 1. The molecule has 0 radical (unpaired) electrons. The fourth-order valence-corrected chi connectivity index (χ4v) is 13.6. The highest BCUT2D eigenvalue weighted by atomic mass is 16.7. The van der Waals surface area contributed by atoms with Crippen molar-refractivity contribution in [3.63, 3.8) is 0 Å². The molecule has 0 aromatic carbocycles. The van der Waals surface area contributed by atoms with E-state index in [1.165, 1.54) is 353 Å². The molecule has 0 aromatic heterocycles. The van der Waals surface area contributed by atoms with E-state index in [1.54, 1.807) is 6.08 Å². The van der Waals surface area contributed by atoms with Gasteiger partial charge in [0.1, 0.15) is 24.4 Å². The third-order valence-corrected chi connectivity index (χ3v) is 20.1. The Hall–Kier alpha value is -1.86. The van der Waals surface area contributed by atoms with Crippen LogP contribution in [0.5, 0.6) is 0 Å². The highest BCUT2D eigenvalue weighted by Crippen LogP contribution is 2.24. The zero-order valence-corrected chi connectivity index (χ0v) is 62.2. The van der Waals surface area contributed by atoms with Gasteiger partial charge in [0.25, 0.3) is 0 Å². The molecule has 0 saturated carbocycles. The molecule has 0 aromatic rings. The molecule has 0 bridgehead atoms. The Morgan fingerprint density at radius 1 is 0.383 bits per heavy atom. The first-order valence-electron chi connectivity index (χ1n) is 41.6. The topological polar surface area (TPSA) is 175 Å². The van der Waals surface area contributed by atoms with Crippen molar-refractivity contribution in [1.82, 2.24) is 5.32 Å². The molecule has 1 rings (SSSR count). The van der Waals surface area contributed by atoms with Crippen LogP contribution in [0.25, 0.3) is 0 Å². The van der Waals surface area contributed by atoms with E-state index in [2.05, 4.69) is 31.3 Å². The van der Waals surface area contributed by atoms with Gasteiger partial charge in [0.05, 0.1) is 32.0 Å². The van der Waals surface area contributed by atoms with Crippen LogP contribution in [-0.4, -0.2) is 100 Å². The van der Waals surface area contributed by atoms with Crippen molar-refractivity contribution >= 4 is 11.9 Å². The number of carbonyl (C=O) groups is 2. The first-order chi connectivity index (χ1) is 46.2. The quantitative estimate of drug-likeness (QED) is 0.0195. The van der Waals surface area contributed by atoms with Crippen molar-refractivity contribution in [2.75, 3.05) is 19.8 Å². The fraction of sp³-hybridized carbons (Fsp3) is 0.928. The zero-order chi connectivity index (χ0) is 67.9. The molecular weight excluding hydrogens is 1170 g/mol. The number of hydrogen-bond acceptors (Lipinski definition) is 10. The predicted molar refractivity (Wildman–Crippen MR) is 398 cm³/mol. The molecule has 0 aliphatic carbocycles. The molecular formula is C83H159NO10. The van der Waals surface area contributed by atoms with Gasteiger partial charge in [-0.15, -0.1) is 0 Å². The number of nitrogens with one attached hydrogen (secondary N) is 1. The first kappa shape index (κ1) is 90.2. The molecule has 6 N–H and O–H groups in total. The standard InChI is InChI=1S/C83H159NO10/c1-3-5-7-9-11-13-15-17-46-49-53-57-61-65-69-76(86)75(74-93-83-82(91)81(90)80(89)77(73-85)94-83)84-78(87)70-66-62-58-54-50-47-43-41-39-37-35-33-31-29-27-25-23-21-19-18-20-22-24-26-28-30-32-34-36-38-40-42-44-48-52-56-60-64-68-72-92-79(88)71-67-63-59-55-51-45-16-14-12-10-8-6-4-2/h49,53,65,69,75-77,80-83,85-86,89-91H,3-48,50-52,54-64,66-68,70-74H2,1-2H3,(H,84,87)/b53-49+,69-65+. The highest BCUT2D eigenvalue weighted by Gasteiger charge is 2.44. The highest BCUT2D eigenvalue weighted by molar-refractivity contribution is 5.76. The number of aliphatic hydroxyl groups excluding tert-OH is 5. The summed E-state index contributed by atoms with van der Waals surface area (Å²) in [6, 6.07) is -0.823.